The highest BCUT2D eigenvalue weighted by atomic mass is 32.2. The first kappa shape index (κ1) is 16.7. The minimum absolute atomic E-state index is 0.0937. The van der Waals surface area contributed by atoms with Crippen molar-refractivity contribution in [3.63, 3.8) is 0 Å². The van der Waals surface area contributed by atoms with Gasteiger partial charge in [0.25, 0.3) is 5.91 Å². The topological polar surface area (TPSA) is 67.3 Å². The molecule has 0 spiro atoms. The van der Waals surface area contributed by atoms with E-state index in [0.29, 0.717) is 28.8 Å². The molecule has 0 unspecified atom stereocenters. The van der Waals surface area contributed by atoms with Crippen LogP contribution in [0.1, 0.15) is 30.6 Å². The Balaban J connectivity index is 1.56. The molecule has 2 fully saturated rings. The third-order valence-corrected chi connectivity index (χ3v) is 5.17. The number of nitrogens with zero attached hydrogens (tertiary/aromatic N) is 3. The number of aromatic nitrogens is 2. The van der Waals surface area contributed by atoms with Gasteiger partial charge < -0.3 is 10.1 Å². The van der Waals surface area contributed by atoms with Crippen LogP contribution in [0.3, 0.4) is 0 Å². The zero-order valence-electron chi connectivity index (χ0n) is 13.9. The Kier molecular flexibility index (Phi) is 5.18. The summed E-state index contributed by atoms with van der Waals surface area (Å²) < 4.78 is 5.94. The summed E-state index contributed by atoms with van der Waals surface area (Å²) in [6.07, 6.45) is 6.34. The van der Waals surface area contributed by atoms with Crippen LogP contribution in [-0.2, 0) is 4.74 Å². The molecule has 3 heterocycles. The Bertz CT molecular complexity index is 552. The highest BCUT2D eigenvalue weighted by Gasteiger charge is 2.38. The van der Waals surface area contributed by atoms with Crippen molar-refractivity contribution >= 4 is 17.7 Å². The molecule has 2 saturated heterocycles. The number of ether oxygens (including phenoxy) is 1. The Hall–Kier alpha value is -1.18. The van der Waals surface area contributed by atoms with Crippen molar-refractivity contribution in [2.24, 2.45) is 5.92 Å². The predicted molar refractivity (Wildman–Crippen MR) is 89.6 cm³/mol. The van der Waals surface area contributed by atoms with Gasteiger partial charge in [-0.25, -0.2) is 9.97 Å². The number of carbonyl (C=O) groups excluding carboxylic acids is 1. The first-order valence-electron chi connectivity index (χ1n) is 8.09. The summed E-state index contributed by atoms with van der Waals surface area (Å²) in [6, 6.07) is 0.590. The lowest BCUT2D eigenvalue weighted by atomic mass is 10.0. The second-order valence-corrected chi connectivity index (χ2v) is 7.36. The van der Waals surface area contributed by atoms with Gasteiger partial charge in [0.15, 0.2) is 5.16 Å². The molecule has 3 rings (SSSR count). The van der Waals surface area contributed by atoms with Crippen LogP contribution in [0, 0.1) is 5.92 Å². The highest BCUT2D eigenvalue weighted by molar-refractivity contribution is 7.98. The molecule has 1 N–H and O–H groups in total. The number of hydrogen-bond acceptors (Lipinski definition) is 6. The number of carbonyl (C=O) groups is 1. The average Bonchev–Trinajstić information content (AvgIpc) is 2.96. The molecule has 6 nitrogen and oxygen atoms in total. The van der Waals surface area contributed by atoms with E-state index in [1.54, 1.807) is 12.4 Å². The van der Waals surface area contributed by atoms with Gasteiger partial charge in [-0.05, 0) is 18.6 Å². The van der Waals surface area contributed by atoms with Gasteiger partial charge in [-0.2, -0.15) is 0 Å². The quantitative estimate of drug-likeness (QED) is 0.663. The molecule has 1 aromatic heterocycles. The lowest BCUT2D eigenvalue weighted by Gasteiger charge is -2.36. The van der Waals surface area contributed by atoms with Gasteiger partial charge in [0.05, 0.1) is 18.3 Å². The minimum Gasteiger partial charge on any atom is -0.375 e. The van der Waals surface area contributed by atoms with Gasteiger partial charge in [0.2, 0.25) is 0 Å². The fraction of sp³-hybridized carbons (Fsp3) is 0.688. The average molecular weight is 336 g/mol. The van der Waals surface area contributed by atoms with Crippen LogP contribution in [-0.4, -0.2) is 64.9 Å². The summed E-state index contributed by atoms with van der Waals surface area (Å²) in [5.74, 6) is 0.431. The van der Waals surface area contributed by atoms with Gasteiger partial charge in [-0.15, -0.1) is 0 Å². The number of nitrogens with one attached hydrogen (secondary N) is 1. The van der Waals surface area contributed by atoms with Crippen molar-refractivity contribution in [2.45, 2.75) is 43.6 Å². The van der Waals surface area contributed by atoms with E-state index in [9.17, 15) is 4.79 Å². The molecule has 0 radical (unpaired) electrons. The van der Waals surface area contributed by atoms with Crippen LogP contribution in [0.15, 0.2) is 17.6 Å². The van der Waals surface area contributed by atoms with Crippen LogP contribution in [0.5, 0.6) is 0 Å². The second kappa shape index (κ2) is 7.15. The molecule has 2 aliphatic heterocycles. The zero-order valence-corrected chi connectivity index (χ0v) is 14.7. The molecule has 126 valence electrons. The molecule has 0 saturated carbocycles. The maximum absolute atomic E-state index is 12.3. The number of morpholine rings is 1. The van der Waals surface area contributed by atoms with E-state index in [1.165, 1.54) is 11.8 Å². The zero-order chi connectivity index (χ0) is 16.4. The van der Waals surface area contributed by atoms with Crippen LogP contribution < -0.4 is 5.32 Å². The Morgan fingerprint density at radius 3 is 2.78 bits per heavy atom. The largest absolute Gasteiger partial charge is 0.375 e. The first-order valence-corrected chi connectivity index (χ1v) is 9.32. The molecule has 2 aliphatic rings. The van der Waals surface area contributed by atoms with E-state index in [-0.39, 0.29) is 11.9 Å². The van der Waals surface area contributed by atoms with Gasteiger partial charge in [-0.1, -0.05) is 25.6 Å². The van der Waals surface area contributed by atoms with Gasteiger partial charge >= 0.3 is 0 Å². The van der Waals surface area contributed by atoms with E-state index in [2.05, 4.69) is 34.0 Å². The summed E-state index contributed by atoms with van der Waals surface area (Å²) in [5.41, 5.74) is 0.518. The van der Waals surface area contributed by atoms with E-state index in [4.69, 9.17) is 4.74 Å². The van der Waals surface area contributed by atoms with E-state index in [0.717, 1.165) is 26.1 Å². The lowest BCUT2D eigenvalue weighted by molar-refractivity contribution is -0.0683. The summed E-state index contributed by atoms with van der Waals surface area (Å²) in [5, 5.41) is 3.79. The molecule has 0 aromatic carbocycles. The summed E-state index contributed by atoms with van der Waals surface area (Å²) in [7, 11) is 0. The Morgan fingerprint density at radius 1 is 1.39 bits per heavy atom. The summed E-state index contributed by atoms with van der Waals surface area (Å²) in [6.45, 7) is 7.00. The molecule has 3 atom stereocenters. The predicted octanol–water partition coefficient (Wildman–Crippen LogP) is 1.43. The van der Waals surface area contributed by atoms with Gasteiger partial charge in [0, 0.05) is 37.6 Å². The monoisotopic (exact) mass is 336 g/mol. The molecular weight excluding hydrogens is 312 g/mol. The summed E-state index contributed by atoms with van der Waals surface area (Å²) >= 11 is 1.46. The normalized spacial score (nSPS) is 27.9. The van der Waals surface area contributed by atoms with E-state index in [1.807, 2.05) is 6.26 Å². The SMILES string of the molecule is CSc1ncc(C(=O)N[C@@H]2C[C@H]3CO[C@@H](C(C)C)CN3C2)cn1. The van der Waals surface area contributed by atoms with Gasteiger partial charge in [-0.3, -0.25) is 9.69 Å². The van der Waals surface area contributed by atoms with Crippen LogP contribution in [0.25, 0.3) is 0 Å². The van der Waals surface area contributed by atoms with E-state index >= 15 is 0 Å². The fourth-order valence-electron chi connectivity index (χ4n) is 3.22. The molecule has 0 aliphatic carbocycles. The molecular formula is C16H24N4O2S. The lowest BCUT2D eigenvalue weighted by Crippen LogP contribution is -2.48. The fourth-order valence-corrected chi connectivity index (χ4v) is 3.53. The molecule has 23 heavy (non-hydrogen) atoms. The van der Waals surface area contributed by atoms with Crippen molar-refractivity contribution in [1.82, 2.24) is 20.2 Å². The van der Waals surface area contributed by atoms with Crippen molar-refractivity contribution in [1.29, 1.82) is 0 Å². The maximum Gasteiger partial charge on any atom is 0.254 e. The molecule has 0 bridgehead atoms. The van der Waals surface area contributed by atoms with Crippen LogP contribution in [0.4, 0.5) is 0 Å². The number of fused-ring (bicyclic) bond motifs is 1. The minimum atomic E-state index is -0.0937. The number of amides is 1. The summed E-state index contributed by atoms with van der Waals surface area (Å²) in [4.78, 5) is 23.1. The standard InChI is InChI=1S/C16H24N4O2S/c1-10(2)14-8-20-7-12(4-13(20)9-22-14)19-15(21)11-5-17-16(23-3)18-6-11/h5-6,10,12-14H,4,7-9H2,1-3H3,(H,19,21)/t12-,13+,14-/m1/s1. The highest BCUT2D eigenvalue weighted by Crippen LogP contribution is 2.26. The Labute approximate surface area is 141 Å². The van der Waals surface area contributed by atoms with Crippen molar-refractivity contribution in [3.05, 3.63) is 18.0 Å². The first-order chi connectivity index (χ1) is 11.1. The van der Waals surface area contributed by atoms with Crippen LogP contribution >= 0.6 is 11.8 Å². The Morgan fingerprint density at radius 2 is 2.13 bits per heavy atom. The second-order valence-electron chi connectivity index (χ2n) is 6.59. The number of hydrogen-bond donors (Lipinski definition) is 1. The molecule has 1 amide bonds. The number of rotatable bonds is 4. The van der Waals surface area contributed by atoms with E-state index < -0.39 is 0 Å². The number of thioether (sulfide) groups is 1. The molecule has 1 aromatic rings. The van der Waals surface area contributed by atoms with Crippen molar-refractivity contribution < 1.29 is 9.53 Å². The van der Waals surface area contributed by atoms with Gasteiger partial charge in [0.1, 0.15) is 0 Å². The third kappa shape index (κ3) is 3.84. The molecule has 7 heteroatoms. The van der Waals surface area contributed by atoms with Crippen molar-refractivity contribution in [3.8, 4) is 0 Å². The third-order valence-electron chi connectivity index (χ3n) is 4.60. The van der Waals surface area contributed by atoms with Crippen LogP contribution in [0.2, 0.25) is 0 Å². The smallest absolute Gasteiger partial charge is 0.254 e. The van der Waals surface area contributed by atoms with Crippen molar-refractivity contribution in [2.75, 3.05) is 26.0 Å². The maximum atomic E-state index is 12.3.